The van der Waals surface area contributed by atoms with E-state index >= 15 is 0 Å². The van der Waals surface area contributed by atoms with E-state index in [1.54, 1.807) is 0 Å². The Morgan fingerprint density at radius 1 is 1.43 bits per heavy atom. The van der Waals surface area contributed by atoms with Gasteiger partial charge in [0.05, 0.1) is 11.7 Å². The van der Waals surface area contributed by atoms with Crippen LogP contribution in [0.25, 0.3) is 0 Å². The average Bonchev–Trinajstić information content (AvgIpc) is 2.73. The molecule has 0 bridgehead atoms. The molecule has 1 aromatic rings. The number of rotatable bonds is 3. The van der Waals surface area contributed by atoms with Crippen LogP contribution in [0, 0.1) is 5.41 Å². The Bertz CT molecular complexity index is 307. The van der Waals surface area contributed by atoms with Crippen LogP contribution in [0.4, 0.5) is 5.82 Å². The molecule has 0 saturated heterocycles. The minimum absolute atomic E-state index is 0.424. The van der Waals surface area contributed by atoms with Crippen molar-refractivity contribution < 1.29 is 0 Å². The van der Waals surface area contributed by atoms with Gasteiger partial charge in [-0.1, -0.05) is 31.4 Å². The summed E-state index contributed by atoms with van der Waals surface area (Å²) in [5, 5.41) is 3.78. The highest BCUT2D eigenvalue weighted by Gasteiger charge is 2.28. The molecule has 78 valence electrons. The summed E-state index contributed by atoms with van der Waals surface area (Å²) in [6.45, 7) is 3.28. The van der Waals surface area contributed by atoms with Gasteiger partial charge in [-0.3, -0.25) is 0 Å². The first kappa shape index (κ1) is 10.2. The first-order valence-electron chi connectivity index (χ1n) is 4.92. The van der Waals surface area contributed by atoms with Gasteiger partial charge in [0.1, 0.15) is 0 Å². The van der Waals surface area contributed by atoms with Crippen LogP contribution in [-0.4, -0.2) is 15.3 Å². The van der Waals surface area contributed by atoms with Crippen molar-refractivity contribution in [1.82, 2.24) is 8.75 Å². The Kier molecular flexibility index (Phi) is 2.93. The highest BCUT2D eigenvalue weighted by atomic mass is 35.5. The second-order valence-electron chi connectivity index (χ2n) is 4.27. The molecule has 0 radical (unpaired) electrons. The molecule has 5 heteroatoms. The van der Waals surface area contributed by atoms with Crippen molar-refractivity contribution >= 4 is 29.1 Å². The zero-order chi connectivity index (χ0) is 10.0. The van der Waals surface area contributed by atoms with Crippen molar-refractivity contribution in [3.63, 3.8) is 0 Å². The monoisotopic (exact) mass is 231 g/mol. The molecule has 14 heavy (non-hydrogen) atoms. The van der Waals surface area contributed by atoms with E-state index in [-0.39, 0.29) is 0 Å². The fourth-order valence-electron chi connectivity index (χ4n) is 1.99. The quantitative estimate of drug-likeness (QED) is 0.868. The zero-order valence-corrected chi connectivity index (χ0v) is 9.79. The Labute approximate surface area is 93.2 Å². The molecule has 0 aliphatic heterocycles. The van der Waals surface area contributed by atoms with E-state index in [0.29, 0.717) is 10.6 Å². The van der Waals surface area contributed by atoms with E-state index in [4.69, 9.17) is 11.6 Å². The Balaban J connectivity index is 1.91. The van der Waals surface area contributed by atoms with Gasteiger partial charge >= 0.3 is 0 Å². The van der Waals surface area contributed by atoms with Crippen molar-refractivity contribution in [3.8, 4) is 0 Å². The summed E-state index contributed by atoms with van der Waals surface area (Å²) in [7, 11) is 0. The molecule has 1 N–H and O–H groups in total. The molecule has 1 saturated carbocycles. The molecule has 1 heterocycles. The third kappa shape index (κ3) is 2.17. The summed E-state index contributed by atoms with van der Waals surface area (Å²) in [5.74, 6) is 0.741. The summed E-state index contributed by atoms with van der Waals surface area (Å²) >= 11 is 7.00. The van der Waals surface area contributed by atoms with E-state index in [9.17, 15) is 0 Å². The van der Waals surface area contributed by atoms with Crippen molar-refractivity contribution in [3.05, 3.63) is 5.15 Å². The molecule has 3 nitrogen and oxygen atoms in total. The maximum absolute atomic E-state index is 5.84. The van der Waals surface area contributed by atoms with E-state index in [1.165, 1.54) is 25.7 Å². The summed E-state index contributed by atoms with van der Waals surface area (Å²) < 4.78 is 8.01. The molecule has 0 amide bonds. The van der Waals surface area contributed by atoms with Crippen LogP contribution in [0.2, 0.25) is 5.15 Å². The van der Waals surface area contributed by atoms with Crippen molar-refractivity contribution in [2.45, 2.75) is 32.6 Å². The number of halogens is 1. The molecule has 2 rings (SSSR count). The number of nitrogens with zero attached hydrogens (tertiary/aromatic N) is 2. The molecular formula is C9H14ClN3S. The first-order chi connectivity index (χ1) is 6.70. The predicted octanol–water partition coefficient (Wildman–Crippen LogP) is 3.18. The van der Waals surface area contributed by atoms with E-state index in [1.807, 2.05) is 0 Å². The van der Waals surface area contributed by atoms with Crippen molar-refractivity contribution in [1.29, 1.82) is 0 Å². The molecule has 1 aromatic heterocycles. The molecule has 0 unspecified atom stereocenters. The Morgan fingerprint density at radius 2 is 2.14 bits per heavy atom. The minimum atomic E-state index is 0.424. The van der Waals surface area contributed by atoms with Crippen LogP contribution in [0.15, 0.2) is 0 Å². The lowest BCUT2D eigenvalue weighted by atomic mass is 9.89. The number of aromatic nitrogens is 2. The van der Waals surface area contributed by atoms with Gasteiger partial charge in [-0.25, -0.2) is 0 Å². The van der Waals surface area contributed by atoms with Crippen LogP contribution in [-0.2, 0) is 0 Å². The lowest BCUT2D eigenvalue weighted by Crippen LogP contribution is -2.23. The maximum Gasteiger partial charge on any atom is 0.186 e. The maximum atomic E-state index is 5.84. The minimum Gasteiger partial charge on any atom is -0.366 e. The second kappa shape index (κ2) is 4.03. The van der Waals surface area contributed by atoms with Gasteiger partial charge in [-0.2, -0.15) is 8.75 Å². The van der Waals surface area contributed by atoms with Crippen molar-refractivity contribution in [2.75, 3.05) is 11.9 Å². The van der Waals surface area contributed by atoms with Gasteiger partial charge in [-0.15, -0.1) is 0 Å². The molecule has 0 aromatic carbocycles. The third-order valence-electron chi connectivity index (χ3n) is 2.94. The van der Waals surface area contributed by atoms with Gasteiger partial charge in [0.2, 0.25) is 0 Å². The second-order valence-corrected chi connectivity index (χ2v) is 5.16. The van der Waals surface area contributed by atoms with Crippen molar-refractivity contribution in [2.24, 2.45) is 5.41 Å². The van der Waals surface area contributed by atoms with Crippen LogP contribution in [0.3, 0.4) is 0 Å². The highest BCUT2D eigenvalue weighted by Crippen LogP contribution is 2.37. The summed E-state index contributed by atoms with van der Waals surface area (Å²) in [4.78, 5) is 0. The zero-order valence-electron chi connectivity index (χ0n) is 8.22. The molecule has 0 spiro atoms. The summed E-state index contributed by atoms with van der Waals surface area (Å²) in [5.41, 5.74) is 0.424. The number of hydrogen-bond acceptors (Lipinski definition) is 4. The van der Waals surface area contributed by atoms with E-state index in [2.05, 4.69) is 21.0 Å². The van der Waals surface area contributed by atoms with Crippen LogP contribution in [0.1, 0.15) is 32.6 Å². The molecule has 1 aliphatic carbocycles. The molecular weight excluding hydrogens is 218 g/mol. The standard InChI is InChI=1S/C9H14ClN3S/c1-9(4-2-3-5-9)6-11-8-7(10)12-14-13-8/h2-6H2,1H3,(H,11,13). The SMILES string of the molecule is CC1(CNc2nsnc2Cl)CCCC1. The normalized spacial score (nSPS) is 19.9. The fourth-order valence-corrected chi connectivity index (χ4v) is 2.67. The summed E-state index contributed by atoms with van der Waals surface area (Å²) in [6, 6.07) is 0. The first-order valence-corrected chi connectivity index (χ1v) is 6.02. The van der Waals surface area contributed by atoms with E-state index in [0.717, 1.165) is 24.1 Å². The lowest BCUT2D eigenvalue weighted by molar-refractivity contribution is 0.362. The Hall–Kier alpha value is -0.350. The third-order valence-corrected chi connectivity index (χ3v) is 3.83. The number of hydrogen-bond donors (Lipinski definition) is 1. The number of nitrogens with one attached hydrogen (secondary N) is 1. The van der Waals surface area contributed by atoms with Crippen LogP contribution in [0.5, 0.6) is 0 Å². The van der Waals surface area contributed by atoms with Gasteiger partial charge in [0, 0.05) is 6.54 Å². The molecule has 0 atom stereocenters. The average molecular weight is 232 g/mol. The number of anilines is 1. The van der Waals surface area contributed by atoms with Gasteiger partial charge in [0.25, 0.3) is 0 Å². The highest BCUT2D eigenvalue weighted by molar-refractivity contribution is 6.99. The smallest absolute Gasteiger partial charge is 0.186 e. The lowest BCUT2D eigenvalue weighted by Gasteiger charge is -2.23. The Morgan fingerprint density at radius 3 is 2.71 bits per heavy atom. The van der Waals surface area contributed by atoms with Crippen LogP contribution < -0.4 is 5.32 Å². The van der Waals surface area contributed by atoms with Crippen LogP contribution >= 0.6 is 23.3 Å². The predicted molar refractivity (Wildman–Crippen MR) is 60.0 cm³/mol. The van der Waals surface area contributed by atoms with Gasteiger partial charge in [0.15, 0.2) is 11.0 Å². The molecule has 1 aliphatic rings. The fraction of sp³-hybridized carbons (Fsp3) is 0.778. The van der Waals surface area contributed by atoms with E-state index < -0.39 is 0 Å². The topological polar surface area (TPSA) is 37.8 Å². The largest absolute Gasteiger partial charge is 0.366 e. The summed E-state index contributed by atoms with van der Waals surface area (Å²) in [6.07, 6.45) is 5.30. The van der Waals surface area contributed by atoms with Gasteiger partial charge < -0.3 is 5.32 Å². The van der Waals surface area contributed by atoms with Gasteiger partial charge in [-0.05, 0) is 18.3 Å². The molecule has 1 fully saturated rings.